The number of anilines is 1. The fourth-order valence-electron chi connectivity index (χ4n) is 3.01. The van der Waals surface area contributed by atoms with Gasteiger partial charge in [-0.1, -0.05) is 22.9 Å². The normalized spacial score (nSPS) is 15.4. The molecule has 128 valence electrons. The van der Waals surface area contributed by atoms with Crippen molar-refractivity contribution in [2.24, 2.45) is 0 Å². The summed E-state index contributed by atoms with van der Waals surface area (Å²) in [6.07, 6.45) is 4.24. The first-order chi connectivity index (χ1) is 12.2. The van der Waals surface area contributed by atoms with E-state index in [0.29, 0.717) is 12.1 Å². The molecule has 0 aliphatic carbocycles. The van der Waals surface area contributed by atoms with Crippen LogP contribution in [0, 0.1) is 0 Å². The lowest BCUT2D eigenvalue weighted by Gasteiger charge is -2.21. The number of nitrogens with zero attached hydrogens (tertiary/aromatic N) is 4. The van der Waals surface area contributed by atoms with E-state index in [2.05, 4.69) is 9.88 Å². The smallest absolute Gasteiger partial charge is 0.254 e. The van der Waals surface area contributed by atoms with Gasteiger partial charge >= 0.3 is 0 Å². The van der Waals surface area contributed by atoms with Crippen LogP contribution >= 0.6 is 22.9 Å². The van der Waals surface area contributed by atoms with Crippen molar-refractivity contribution in [2.45, 2.75) is 6.42 Å². The van der Waals surface area contributed by atoms with E-state index in [1.807, 2.05) is 23.1 Å². The van der Waals surface area contributed by atoms with Gasteiger partial charge < -0.3 is 9.80 Å². The summed E-state index contributed by atoms with van der Waals surface area (Å²) in [7, 11) is 0. The zero-order valence-electron chi connectivity index (χ0n) is 13.6. The molecule has 25 heavy (non-hydrogen) atoms. The highest BCUT2D eigenvalue weighted by Crippen LogP contribution is 2.31. The molecule has 1 aliphatic rings. The van der Waals surface area contributed by atoms with Crippen LogP contribution in [0.3, 0.4) is 0 Å². The molecule has 0 bridgehead atoms. The summed E-state index contributed by atoms with van der Waals surface area (Å²) in [5.74, 6) is 0.0698. The number of benzene rings is 1. The third-order valence-electron chi connectivity index (χ3n) is 4.32. The molecule has 0 atom stereocenters. The Hall–Kier alpha value is -2.18. The molecule has 4 rings (SSSR count). The van der Waals surface area contributed by atoms with Gasteiger partial charge in [0.15, 0.2) is 5.13 Å². The fraction of sp³-hybridized carbons (Fsp3) is 0.278. The molecular weight excluding hydrogens is 356 g/mol. The summed E-state index contributed by atoms with van der Waals surface area (Å²) < 4.78 is 1.09. The van der Waals surface area contributed by atoms with Crippen molar-refractivity contribution in [3.63, 3.8) is 0 Å². The number of hydrogen-bond acceptors (Lipinski definition) is 5. The molecule has 0 unspecified atom stereocenters. The lowest BCUT2D eigenvalue weighted by Crippen LogP contribution is -2.35. The van der Waals surface area contributed by atoms with Crippen molar-refractivity contribution in [2.75, 3.05) is 31.1 Å². The number of halogens is 1. The maximum absolute atomic E-state index is 12.6. The van der Waals surface area contributed by atoms with Crippen molar-refractivity contribution in [3.8, 4) is 0 Å². The molecule has 0 N–H and O–H groups in total. The standard InChI is InChI=1S/C18H17ClN4OS/c19-14-2-3-15-16(12-14)25-18(21-15)23-9-1-8-22(10-11-23)17(24)13-4-6-20-7-5-13/h2-7,12H,1,8-11H2. The quantitative estimate of drug-likeness (QED) is 0.688. The van der Waals surface area contributed by atoms with Crippen LogP contribution < -0.4 is 4.90 Å². The van der Waals surface area contributed by atoms with Gasteiger partial charge in [-0.15, -0.1) is 0 Å². The lowest BCUT2D eigenvalue weighted by atomic mass is 10.2. The molecule has 1 aromatic carbocycles. The van der Waals surface area contributed by atoms with E-state index in [9.17, 15) is 4.79 Å². The zero-order chi connectivity index (χ0) is 17.2. The second-order valence-corrected chi connectivity index (χ2v) is 7.42. The van der Waals surface area contributed by atoms with E-state index in [4.69, 9.17) is 16.6 Å². The van der Waals surface area contributed by atoms with Crippen LogP contribution in [0.15, 0.2) is 42.7 Å². The van der Waals surface area contributed by atoms with E-state index < -0.39 is 0 Å². The molecule has 1 fully saturated rings. The number of amides is 1. The summed E-state index contributed by atoms with van der Waals surface area (Å²) in [6, 6.07) is 9.30. The van der Waals surface area contributed by atoms with E-state index in [1.54, 1.807) is 35.9 Å². The van der Waals surface area contributed by atoms with Crippen LogP contribution in [0.1, 0.15) is 16.8 Å². The second-order valence-electron chi connectivity index (χ2n) is 5.98. The summed E-state index contributed by atoms with van der Waals surface area (Å²) >= 11 is 7.72. The Morgan fingerprint density at radius 3 is 2.76 bits per heavy atom. The highest BCUT2D eigenvalue weighted by Gasteiger charge is 2.22. The number of fused-ring (bicyclic) bond motifs is 1. The molecule has 1 aliphatic heterocycles. The molecule has 1 amide bonds. The predicted molar refractivity (Wildman–Crippen MR) is 102 cm³/mol. The zero-order valence-corrected chi connectivity index (χ0v) is 15.1. The van der Waals surface area contributed by atoms with Crippen molar-refractivity contribution in [1.29, 1.82) is 0 Å². The number of thiazole rings is 1. The average Bonchev–Trinajstić information content (AvgIpc) is 2.89. The number of hydrogen-bond donors (Lipinski definition) is 0. The Labute approximate surface area is 154 Å². The van der Waals surface area contributed by atoms with E-state index in [-0.39, 0.29) is 5.91 Å². The Kier molecular flexibility index (Phi) is 4.55. The van der Waals surface area contributed by atoms with Crippen molar-refractivity contribution >= 4 is 44.2 Å². The van der Waals surface area contributed by atoms with Crippen LogP contribution in [0.25, 0.3) is 10.2 Å². The molecule has 3 aromatic rings. The number of carbonyl (C=O) groups is 1. The summed E-state index contributed by atoms with van der Waals surface area (Å²) in [6.45, 7) is 3.13. The molecule has 5 nitrogen and oxygen atoms in total. The molecule has 0 spiro atoms. The molecule has 0 saturated carbocycles. The summed E-state index contributed by atoms with van der Waals surface area (Å²) in [5, 5.41) is 1.73. The first-order valence-corrected chi connectivity index (χ1v) is 9.40. The van der Waals surface area contributed by atoms with Crippen LogP contribution in [-0.4, -0.2) is 47.0 Å². The van der Waals surface area contributed by atoms with Gasteiger partial charge in [-0.25, -0.2) is 4.98 Å². The Morgan fingerprint density at radius 1 is 1.08 bits per heavy atom. The topological polar surface area (TPSA) is 49.3 Å². The number of pyridine rings is 1. The van der Waals surface area contributed by atoms with E-state index >= 15 is 0 Å². The minimum Gasteiger partial charge on any atom is -0.346 e. The van der Waals surface area contributed by atoms with Gasteiger partial charge in [-0.05, 0) is 36.8 Å². The SMILES string of the molecule is O=C(c1ccncc1)N1CCCN(c2nc3ccc(Cl)cc3s2)CC1. The van der Waals surface area contributed by atoms with E-state index in [1.165, 1.54) is 0 Å². The molecule has 3 heterocycles. The summed E-state index contributed by atoms with van der Waals surface area (Å²) in [5.41, 5.74) is 1.66. The first kappa shape index (κ1) is 16.3. The van der Waals surface area contributed by atoms with Crippen LogP contribution in [0.2, 0.25) is 5.02 Å². The predicted octanol–water partition coefficient (Wildman–Crippen LogP) is 3.70. The highest BCUT2D eigenvalue weighted by atomic mass is 35.5. The van der Waals surface area contributed by atoms with Crippen LogP contribution in [0.4, 0.5) is 5.13 Å². The summed E-state index contributed by atoms with van der Waals surface area (Å²) in [4.78, 5) is 25.5. The van der Waals surface area contributed by atoms with Gasteiger partial charge in [-0.3, -0.25) is 9.78 Å². The van der Waals surface area contributed by atoms with Gasteiger partial charge in [-0.2, -0.15) is 0 Å². The maximum atomic E-state index is 12.6. The van der Waals surface area contributed by atoms with Gasteiger partial charge in [0.1, 0.15) is 0 Å². The monoisotopic (exact) mass is 372 g/mol. The molecule has 1 saturated heterocycles. The lowest BCUT2D eigenvalue weighted by molar-refractivity contribution is 0.0767. The Balaban J connectivity index is 1.49. The van der Waals surface area contributed by atoms with Gasteiger partial charge in [0, 0.05) is 49.2 Å². The van der Waals surface area contributed by atoms with Crippen LogP contribution in [-0.2, 0) is 0 Å². The third-order valence-corrected chi connectivity index (χ3v) is 5.63. The number of carbonyl (C=O) groups excluding carboxylic acids is 1. The van der Waals surface area contributed by atoms with Gasteiger partial charge in [0.25, 0.3) is 5.91 Å². The van der Waals surface area contributed by atoms with Crippen LogP contribution in [0.5, 0.6) is 0 Å². The third kappa shape index (κ3) is 3.45. The van der Waals surface area contributed by atoms with Gasteiger partial charge in [0.05, 0.1) is 10.2 Å². The highest BCUT2D eigenvalue weighted by molar-refractivity contribution is 7.22. The molecule has 2 aromatic heterocycles. The Morgan fingerprint density at radius 2 is 1.92 bits per heavy atom. The first-order valence-electron chi connectivity index (χ1n) is 8.21. The number of rotatable bonds is 2. The molecular formula is C18H17ClN4OS. The van der Waals surface area contributed by atoms with Crippen molar-refractivity contribution in [1.82, 2.24) is 14.9 Å². The molecule has 7 heteroatoms. The van der Waals surface area contributed by atoms with Crippen molar-refractivity contribution in [3.05, 3.63) is 53.3 Å². The number of aromatic nitrogens is 2. The maximum Gasteiger partial charge on any atom is 0.254 e. The van der Waals surface area contributed by atoms with Gasteiger partial charge in [0.2, 0.25) is 0 Å². The fourth-order valence-corrected chi connectivity index (χ4v) is 4.30. The minimum atomic E-state index is 0.0698. The largest absolute Gasteiger partial charge is 0.346 e. The minimum absolute atomic E-state index is 0.0698. The second kappa shape index (κ2) is 6.98. The molecule has 0 radical (unpaired) electrons. The van der Waals surface area contributed by atoms with Crippen molar-refractivity contribution < 1.29 is 4.79 Å². The van der Waals surface area contributed by atoms with E-state index in [0.717, 1.165) is 46.4 Å². The Bertz CT molecular complexity index is 898. The average molecular weight is 373 g/mol.